The molecule has 0 unspecified atom stereocenters. The zero-order chi connectivity index (χ0) is 10.9. The van der Waals surface area contributed by atoms with Gasteiger partial charge in [-0.1, -0.05) is 39.5 Å². The van der Waals surface area contributed by atoms with Crippen molar-refractivity contribution in [2.75, 3.05) is 0 Å². The molecular formula is C13H24N2. The Morgan fingerprint density at radius 2 is 1.80 bits per heavy atom. The molecule has 86 valence electrons. The number of aromatic nitrogens is 2. The second kappa shape index (κ2) is 7.49. The Bertz CT molecular complexity index is 228. The quantitative estimate of drug-likeness (QED) is 0.594. The third-order valence-electron chi connectivity index (χ3n) is 2.75. The van der Waals surface area contributed by atoms with E-state index in [1.54, 1.807) is 0 Å². The first kappa shape index (κ1) is 12.3. The van der Waals surface area contributed by atoms with Gasteiger partial charge in [0.2, 0.25) is 0 Å². The number of nitrogens with zero attached hydrogens (tertiary/aromatic N) is 2. The van der Waals surface area contributed by atoms with E-state index in [1.807, 2.05) is 6.20 Å². The third-order valence-corrected chi connectivity index (χ3v) is 2.75. The van der Waals surface area contributed by atoms with E-state index in [4.69, 9.17) is 0 Å². The summed E-state index contributed by atoms with van der Waals surface area (Å²) in [6.07, 6.45) is 13.2. The molecule has 0 radical (unpaired) electrons. The van der Waals surface area contributed by atoms with Crippen LogP contribution in [0.25, 0.3) is 0 Å². The van der Waals surface area contributed by atoms with Crippen molar-refractivity contribution in [3.63, 3.8) is 0 Å². The van der Waals surface area contributed by atoms with Gasteiger partial charge < -0.3 is 0 Å². The Hall–Kier alpha value is -0.790. The molecule has 0 saturated carbocycles. The number of rotatable bonds is 8. The predicted octanol–water partition coefficient (Wildman–Crippen LogP) is 3.81. The zero-order valence-electron chi connectivity index (χ0n) is 10.2. The number of hydrogen-bond donors (Lipinski definition) is 0. The Morgan fingerprint density at radius 3 is 2.53 bits per heavy atom. The van der Waals surface area contributed by atoms with Crippen molar-refractivity contribution in [1.82, 2.24) is 9.78 Å². The monoisotopic (exact) mass is 208 g/mol. The van der Waals surface area contributed by atoms with Gasteiger partial charge >= 0.3 is 0 Å². The van der Waals surface area contributed by atoms with Gasteiger partial charge in [-0.25, -0.2) is 0 Å². The summed E-state index contributed by atoms with van der Waals surface area (Å²) in [6.45, 7) is 5.56. The molecule has 1 heterocycles. The molecule has 15 heavy (non-hydrogen) atoms. The van der Waals surface area contributed by atoms with Gasteiger partial charge in [-0.15, -0.1) is 0 Å². The first-order valence-electron chi connectivity index (χ1n) is 6.38. The highest BCUT2D eigenvalue weighted by atomic mass is 15.3. The van der Waals surface area contributed by atoms with E-state index in [9.17, 15) is 0 Å². The van der Waals surface area contributed by atoms with Crippen LogP contribution in [0.4, 0.5) is 0 Å². The van der Waals surface area contributed by atoms with E-state index in [1.165, 1.54) is 50.5 Å². The van der Waals surface area contributed by atoms with Crippen LogP contribution in [0.5, 0.6) is 0 Å². The van der Waals surface area contributed by atoms with Gasteiger partial charge in [0.25, 0.3) is 0 Å². The lowest BCUT2D eigenvalue weighted by atomic mass is 10.1. The molecule has 0 fully saturated rings. The summed E-state index contributed by atoms with van der Waals surface area (Å²) in [6, 6.07) is 0. The summed E-state index contributed by atoms with van der Waals surface area (Å²) >= 11 is 0. The van der Waals surface area contributed by atoms with Crippen LogP contribution in [0, 0.1) is 0 Å². The third kappa shape index (κ3) is 5.01. The van der Waals surface area contributed by atoms with Gasteiger partial charge in [-0.2, -0.15) is 5.10 Å². The van der Waals surface area contributed by atoms with Gasteiger partial charge in [-0.05, 0) is 24.8 Å². The Balaban J connectivity index is 2.23. The van der Waals surface area contributed by atoms with Crippen molar-refractivity contribution < 1.29 is 0 Å². The van der Waals surface area contributed by atoms with Gasteiger partial charge in [0.05, 0.1) is 6.20 Å². The lowest BCUT2D eigenvalue weighted by Gasteiger charge is -1.99. The minimum absolute atomic E-state index is 1.08. The molecule has 0 aromatic carbocycles. The van der Waals surface area contributed by atoms with Gasteiger partial charge in [-0.3, -0.25) is 4.68 Å². The molecule has 2 nitrogen and oxygen atoms in total. The summed E-state index contributed by atoms with van der Waals surface area (Å²) in [5.74, 6) is 0. The molecule has 0 saturated heterocycles. The minimum atomic E-state index is 1.08. The molecule has 0 amide bonds. The maximum Gasteiger partial charge on any atom is 0.0521 e. The first-order valence-corrected chi connectivity index (χ1v) is 6.38. The maximum absolute atomic E-state index is 4.38. The fourth-order valence-electron chi connectivity index (χ4n) is 1.76. The summed E-state index contributed by atoms with van der Waals surface area (Å²) in [5.41, 5.74) is 1.40. The van der Waals surface area contributed by atoms with Gasteiger partial charge in [0.15, 0.2) is 0 Å². The second-order valence-corrected chi connectivity index (χ2v) is 4.28. The minimum Gasteiger partial charge on any atom is -0.272 e. The summed E-state index contributed by atoms with van der Waals surface area (Å²) in [7, 11) is 0. The average Bonchev–Trinajstić information content (AvgIpc) is 2.67. The van der Waals surface area contributed by atoms with Gasteiger partial charge in [0.1, 0.15) is 0 Å². The predicted molar refractivity (Wildman–Crippen MR) is 65.0 cm³/mol. The summed E-state index contributed by atoms with van der Waals surface area (Å²) in [5, 5.41) is 4.38. The van der Waals surface area contributed by atoms with Crippen LogP contribution in [-0.4, -0.2) is 9.78 Å². The molecule has 0 aliphatic carbocycles. The first-order chi connectivity index (χ1) is 7.36. The zero-order valence-corrected chi connectivity index (χ0v) is 10.2. The molecule has 1 aromatic rings. The average molecular weight is 208 g/mol. The normalized spacial score (nSPS) is 10.8. The second-order valence-electron chi connectivity index (χ2n) is 4.28. The van der Waals surface area contributed by atoms with Crippen molar-refractivity contribution >= 4 is 0 Å². The van der Waals surface area contributed by atoms with Crippen LogP contribution >= 0.6 is 0 Å². The van der Waals surface area contributed by atoms with Crippen molar-refractivity contribution in [3.05, 3.63) is 18.0 Å². The van der Waals surface area contributed by atoms with Crippen molar-refractivity contribution in [2.45, 2.75) is 65.3 Å². The van der Waals surface area contributed by atoms with Crippen LogP contribution in [0.2, 0.25) is 0 Å². The van der Waals surface area contributed by atoms with Crippen molar-refractivity contribution in [1.29, 1.82) is 0 Å². The summed E-state index contributed by atoms with van der Waals surface area (Å²) < 4.78 is 2.09. The van der Waals surface area contributed by atoms with E-state index < -0.39 is 0 Å². The van der Waals surface area contributed by atoms with Crippen LogP contribution < -0.4 is 0 Å². The largest absolute Gasteiger partial charge is 0.272 e. The Kier molecular flexibility index (Phi) is 6.14. The van der Waals surface area contributed by atoms with E-state index in [-0.39, 0.29) is 0 Å². The molecule has 0 aliphatic rings. The van der Waals surface area contributed by atoms with E-state index in [2.05, 4.69) is 29.8 Å². The van der Waals surface area contributed by atoms with E-state index in [0.717, 1.165) is 6.54 Å². The molecule has 1 rings (SSSR count). The molecule has 1 aromatic heterocycles. The standard InChI is InChI=1S/C13H24N2/c1-3-5-7-9-13-11-14-15(12-13)10-8-6-4-2/h11-12H,3-10H2,1-2H3. The highest BCUT2D eigenvalue weighted by molar-refractivity contribution is 5.03. The highest BCUT2D eigenvalue weighted by Gasteiger charge is 1.98. The van der Waals surface area contributed by atoms with Crippen LogP contribution in [0.1, 0.15) is 57.9 Å². The van der Waals surface area contributed by atoms with Crippen molar-refractivity contribution in [2.24, 2.45) is 0 Å². The lowest BCUT2D eigenvalue weighted by molar-refractivity contribution is 0.552. The maximum atomic E-state index is 4.38. The summed E-state index contributed by atoms with van der Waals surface area (Å²) in [4.78, 5) is 0. The molecule has 0 N–H and O–H groups in total. The molecule has 2 heteroatoms. The van der Waals surface area contributed by atoms with Crippen LogP contribution in [0.3, 0.4) is 0 Å². The fraction of sp³-hybridized carbons (Fsp3) is 0.769. The van der Waals surface area contributed by atoms with E-state index in [0.29, 0.717) is 0 Å². The van der Waals surface area contributed by atoms with E-state index >= 15 is 0 Å². The molecule has 0 bridgehead atoms. The van der Waals surface area contributed by atoms with Crippen LogP contribution in [-0.2, 0) is 13.0 Å². The topological polar surface area (TPSA) is 17.8 Å². The number of hydrogen-bond acceptors (Lipinski definition) is 1. The number of aryl methyl sites for hydroxylation is 2. The smallest absolute Gasteiger partial charge is 0.0521 e. The lowest BCUT2D eigenvalue weighted by Crippen LogP contribution is -1.97. The fourth-order valence-corrected chi connectivity index (χ4v) is 1.76. The molecule has 0 atom stereocenters. The molecular weight excluding hydrogens is 184 g/mol. The Morgan fingerprint density at radius 1 is 1.07 bits per heavy atom. The Labute approximate surface area is 93.7 Å². The van der Waals surface area contributed by atoms with Crippen molar-refractivity contribution in [3.8, 4) is 0 Å². The SMILES string of the molecule is CCCCCc1cnn(CCCCC)c1. The van der Waals surface area contributed by atoms with Crippen LogP contribution in [0.15, 0.2) is 12.4 Å². The molecule has 0 aliphatic heterocycles. The number of unbranched alkanes of at least 4 members (excludes halogenated alkanes) is 4. The highest BCUT2D eigenvalue weighted by Crippen LogP contribution is 2.06. The molecule has 0 spiro atoms. The van der Waals surface area contributed by atoms with Gasteiger partial charge in [0, 0.05) is 12.7 Å².